The number of nitrogens with zero attached hydrogens (tertiary/aromatic N) is 5. The van der Waals surface area contributed by atoms with Crippen LogP contribution in [0.5, 0.6) is 0 Å². The Morgan fingerprint density at radius 2 is 2.35 bits per heavy atom. The molecule has 0 amide bonds. The molecule has 6 heteroatoms. The predicted molar refractivity (Wildman–Crippen MR) is 77.9 cm³/mol. The van der Waals surface area contributed by atoms with Crippen molar-refractivity contribution in [2.24, 2.45) is 0 Å². The molecule has 1 aliphatic rings. The first-order chi connectivity index (χ1) is 9.84. The molecule has 6 nitrogen and oxygen atoms in total. The highest BCUT2D eigenvalue weighted by molar-refractivity contribution is 5.56. The molecule has 1 fully saturated rings. The van der Waals surface area contributed by atoms with Gasteiger partial charge in [0.05, 0.1) is 5.69 Å². The lowest BCUT2D eigenvalue weighted by Crippen LogP contribution is -2.40. The van der Waals surface area contributed by atoms with Gasteiger partial charge in [0.25, 0.3) is 0 Å². The fraction of sp³-hybridized carbons (Fsp3) is 0.500. The van der Waals surface area contributed by atoms with Crippen LogP contribution in [0.2, 0.25) is 0 Å². The van der Waals surface area contributed by atoms with Gasteiger partial charge in [0.15, 0.2) is 5.82 Å². The molecule has 1 unspecified atom stereocenters. The fourth-order valence-electron chi connectivity index (χ4n) is 2.66. The minimum absolute atomic E-state index is 0.590. The van der Waals surface area contributed by atoms with Crippen LogP contribution in [0.25, 0.3) is 5.82 Å². The van der Waals surface area contributed by atoms with Gasteiger partial charge in [-0.15, -0.1) is 0 Å². The molecule has 0 aromatic carbocycles. The van der Waals surface area contributed by atoms with Crippen LogP contribution in [0, 0.1) is 0 Å². The molecule has 20 heavy (non-hydrogen) atoms. The molecular weight excluding hydrogens is 252 g/mol. The second kappa shape index (κ2) is 6.00. The Kier molecular flexibility index (Phi) is 3.92. The number of aromatic nitrogens is 4. The van der Waals surface area contributed by atoms with Crippen molar-refractivity contribution < 1.29 is 0 Å². The Morgan fingerprint density at radius 1 is 1.40 bits per heavy atom. The van der Waals surface area contributed by atoms with E-state index in [0.29, 0.717) is 6.04 Å². The van der Waals surface area contributed by atoms with E-state index >= 15 is 0 Å². The molecule has 0 radical (unpaired) electrons. The molecule has 3 rings (SSSR count). The average Bonchev–Trinajstić information content (AvgIpc) is 3.01. The van der Waals surface area contributed by atoms with Crippen LogP contribution in [0.4, 0.5) is 5.69 Å². The summed E-state index contributed by atoms with van der Waals surface area (Å²) in [5, 5.41) is 7.66. The zero-order valence-electron chi connectivity index (χ0n) is 11.7. The summed E-state index contributed by atoms with van der Waals surface area (Å²) >= 11 is 0. The molecule has 2 aromatic heterocycles. The number of hydrogen-bond donors (Lipinski definition) is 1. The van der Waals surface area contributed by atoms with E-state index in [1.54, 1.807) is 17.2 Å². The molecule has 1 aliphatic heterocycles. The molecule has 106 valence electrons. The van der Waals surface area contributed by atoms with Crippen LogP contribution >= 0.6 is 0 Å². The Morgan fingerprint density at radius 3 is 3.15 bits per heavy atom. The summed E-state index contributed by atoms with van der Waals surface area (Å²) in [6, 6.07) is 4.56. The van der Waals surface area contributed by atoms with E-state index in [-0.39, 0.29) is 0 Å². The van der Waals surface area contributed by atoms with E-state index in [1.165, 1.54) is 32.1 Å². The predicted octanol–water partition coefficient (Wildman–Crippen LogP) is 1.56. The number of pyridine rings is 1. The molecule has 0 saturated carbocycles. The second-order valence-corrected chi connectivity index (χ2v) is 5.23. The fourth-order valence-corrected chi connectivity index (χ4v) is 2.66. The number of nitrogens with one attached hydrogen (secondary N) is 1. The Balaban J connectivity index is 1.71. The van der Waals surface area contributed by atoms with E-state index in [2.05, 4.69) is 32.3 Å². The highest BCUT2D eigenvalue weighted by Crippen LogP contribution is 2.19. The van der Waals surface area contributed by atoms with E-state index in [1.807, 2.05) is 12.1 Å². The van der Waals surface area contributed by atoms with Crippen LogP contribution in [0.15, 0.2) is 31.0 Å². The minimum atomic E-state index is 0.590. The SMILES string of the molecule is CN1CCCCC1CNc1cccnc1-n1cncn1. The van der Waals surface area contributed by atoms with Crippen molar-refractivity contribution in [3.8, 4) is 5.82 Å². The van der Waals surface area contributed by atoms with Crippen molar-refractivity contribution in [2.45, 2.75) is 25.3 Å². The number of likely N-dealkylation sites (N-methyl/N-ethyl adjacent to an activating group) is 1. The third-order valence-electron chi connectivity index (χ3n) is 3.87. The van der Waals surface area contributed by atoms with E-state index in [4.69, 9.17) is 0 Å². The van der Waals surface area contributed by atoms with Crippen molar-refractivity contribution in [3.63, 3.8) is 0 Å². The second-order valence-electron chi connectivity index (χ2n) is 5.23. The maximum atomic E-state index is 4.39. The van der Waals surface area contributed by atoms with E-state index in [0.717, 1.165) is 18.1 Å². The van der Waals surface area contributed by atoms with Gasteiger partial charge < -0.3 is 10.2 Å². The molecular formula is C14H20N6. The smallest absolute Gasteiger partial charge is 0.178 e. The normalized spacial score (nSPS) is 19.9. The quantitative estimate of drug-likeness (QED) is 0.915. The van der Waals surface area contributed by atoms with Gasteiger partial charge in [-0.25, -0.2) is 14.6 Å². The lowest BCUT2D eigenvalue weighted by molar-refractivity contribution is 0.194. The van der Waals surface area contributed by atoms with Crippen LogP contribution in [-0.4, -0.2) is 50.8 Å². The first-order valence-corrected chi connectivity index (χ1v) is 7.09. The van der Waals surface area contributed by atoms with Gasteiger partial charge in [0.2, 0.25) is 0 Å². The molecule has 1 atom stereocenters. The maximum Gasteiger partial charge on any atom is 0.178 e. The Hall–Kier alpha value is -1.95. The monoisotopic (exact) mass is 272 g/mol. The van der Waals surface area contributed by atoms with Crippen molar-refractivity contribution in [1.82, 2.24) is 24.6 Å². The summed E-state index contributed by atoms with van der Waals surface area (Å²) in [6.45, 7) is 2.12. The topological polar surface area (TPSA) is 58.9 Å². The summed E-state index contributed by atoms with van der Waals surface area (Å²) in [5.74, 6) is 0.795. The number of anilines is 1. The third-order valence-corrected chi connectivity index (χ3v) is 3.87. The highest BCUT2D eigenvalue weighted by atomic mass is 15.3. The van der Waals surface area contributed by atoms with Gasteiger partial charge in [-0.3, -0.25) is 0 Å². The van der Waals surface area contributed by atoms with Gasteiger partial charge in [0.1, 0.15) is 12.7 Å². The summed E-state index contributed by atoms with van der Waals surface area (Å²) in [5.41, 5.74) is 0.997. The molecule has 3 heterocycles. The van der Waals surface area contributed by atoms with Crippen LogP contribution in [0.3, 0.4) is 0 Å². The molecule has 0 aliphatic carbocycles. The summed E-state index contributed by atoms with van der Waals surface area (Å²) in [7, 11) is 2.20. The van der Waals surface area contributed by atoms with E-state index < -0.39 is 0 Å². The number of hydrogen-bond acceptors (Lipinski definition) is 5. The largest absolute Gasteiger partial charge is 0.380 e. The Bertz CT molecular complexity index is 538. The van der Waals surface area contributed by atoms with Crippen molar-refractivity contribution in [3.05, 3.63) is 31.0 Å². The summed E-state index contributed by atoms with van der Waals surface area (Å²) < 4.78 is 1.69. The van der Waals surface area contributed by atoms with Crippen LogP contribution in [-0.2, 0) is 0 Å². The minimum Gasteiger partial charge on any atom is -0.380 e. The molecule has 1 saturated heterocycles. The first-order valence-electron chi connectivity index (χ1n) is 7.09. The standard InChI is InChI=1S/C14H20N6/c1-19-8-3-2-5-12(19)9-17-13-6-4-7-16-14(13)20-11-15-10-18-20/h4,6-7,10-12,17H,2-3,5,8-9H2,1H3. The van der Waals surface area contributed by atoms with Gasteiger partial charge in [-0.05, 0) is 38.6 Å². The first kappa shape index (κ1) is 13.1. The maximum absolute atomic E-state index is 4.39. The van der Waals surface area contributed by atoms with Crippen LogP contribution < -0.4 is 5.32 Å². The molecule has 0 spiro atoms. The summed E-state index contributed by atoms with van der Waals surface area (Å²) in [6.07, 6.45) is 8.84. The van der Waals surface area contributed by atoms with Crippen LogP contribution in [0.1, 0.15) is 19.3 Å². The number of rotatable bonds is 4. The average molecular weight is 272 g/mol. The molecule has 1 N–H and O–H groups in total. The third kappa shape index (κ3) is 2.80. The zero-order chi connectivity index (χ0) is 13.8. The molecule has 2 aromatic rings. The van der Waals surface area contributed by atoms with Gasteiger partial charge in [-0.2, -0.15) is 5.10 Å². The van der Waals surface area contributed by atoms with Crippen molar-refractivity contribution >= 4 is 5.69 Å². The van der Waals surface area contributed by atoms with Gasteiger partial charge in [-0.1, -0.05) is 6.42 Å². The lowest BCUT2D eigenvalue weighted by atomic mass is 10.0. The van der Waals surface area contributed by atoms with Gasteiger partial charge >= 0.3 is 0 Å². The molecule has 0 bridgehead atoms. The summed E-state index contributed by atoms with van der Waals surface area (Å²) in [4.78, 5) is 10.8. The van der Waals surface area contributed by atoms with E-state index in [9.17, 15) is 0 Å². The zero-order valence-corrected chi connectivity index (χ0v) is 11.7. The lowest BCUT2D eigenvalue weighted by Gasteiger charge is -2.32. The van der Waals surface area contributed by atoms with Crippen molar-refractivity contribution in [1.29, 1.82) is 0 Å². The Labute approximate surface area is 118 Å². The van der Waals surface area contributed by atoms with Crippen molar-refractivity contribution in [2.75, 3.05) is 25.5 Å². The van der Waals surface area contributed by atoms with Gasteiger partial charge in [0, 0.05) is 18.8 Å². The number of piperidine rings is 1. The number of likely N-dealkylation sites (tertiary alicyclic amines) is 1. The highest BCUT2D eigenvalue weighted by Gasteiger charge is 2.19.